The molecule has 2 N–H and O–H groups in total. The number of rotatable bonds is 0. The second kappa shape index (κ2) is 1.82. The molecule has 1 aromatic carbocycles. The molecular formula is C6H8FN. The second-order valence-corrected chi connectivity index (χ2v) is 1.55. The third-order valence-corrected chi connectivity index (χ3v) is 0.870. The Balaban J connectivity index is 0.000000371. The van der Waals surface area contributed by atoms with Gasteiger partial charge in [0.15, 0.2) is 0 Å². The smallest absolute Gasteiger partial charge is 0.123 e. The Bertz CT molecular complexity index is 155. The van der Waals surface area contributed by atoms with Crippen LogP contribution in [0.1, 0.15) is 2.97 Å². The fourth-order valence-corrected chi connectivity index (χ4v) is 0.463. The highest BCUT2D eigenvalue weighted by Gasteiger charge is 1.83. The molecule has 0 aliphatic heterocycles. The Morgan fingerprint density at radius 2 is 1.88 bits per heavy atom. The van der Waals surface area contributed by atoms with Crippen molar-refractivity contribution in [2.24, 2.45) is 0 Å². The van der Waals surface area contributed by atoms with E-state index in [4.69, 9.17) is 8.70 Å². The van der Waals surface area contributed by atoms with E-state index in [1.807, 2.05) is 0 Å². The number of hydrogen-bond acceptors (Lipinski definition) is 1. The summed E-state index contributed by atoms with van der Waals surface area (Å²) in [6, 6.07) is 5.70. The minimum atomic E-state index is -0.251. The van der Waals surface area contributed by atoms with Crippen molar-refractivity contribution in [3.05, 3.63) is 30.1 Å². The molecule has 0 saturated heterocycles. The van der Waals surface area contributed by atoms with Crippen molar-refractivity contribution < 1.29 is 7.36 Å². The lowest BCUT2D eigenvalue weighted by atomic mass is 10.3. The van der Waals surface area contributed by atoms with Gasteiger partial charge in [-0.25, -0.2) is 4.39 Å². The number of nitrogens with two attached hydrogens (primary N) is 1. The molecule has 0 amide bonds. The van der Waals surface area contributed by atoms with Crippen LogP contribution in [0.15, 0.2) is 24.3 Å². The number of halogens is 1. The van der Waals surface area contributed by atoms with E-state index in [1.165, 1.54) is 24.3 Å². The van der Waals surface area contributed by atoms with Gasteiger partial charge in [-0.15, -0.1) is 0 Å². The van der Waals surface area contributed by atoms with E-state index in [9.17, 15) is 4.39 Å². The molecule has 1 aromatic rings. The van der Waals surface area contributed by atoms with Gasteiger partial charge in [0.2, 0.25) is 0 Å². The van der Waals surface area contributed by atoms with Crippen molar-refractivity contribution in [3.8, 4) is 0 Å². The lowest BCUT2D eigenvalue weighted by molar-refractivity contribution is 0.628. The molecule has 0 unspecified atom stereocenters. The molecule has 0 spiro atoms. The van der Waals surface area contributed by atoms with Crippen LogP contribution in [0.2, 0.25) is 0 Å². The zero-order valence-corrected chi connectivity index (χ0v) is 4.26. The minimum absolute atomic E-state index is 0.251. The van der Waals surface area contributed by atoms with Crippen LogP contribution in [0.3, 0.4) is 0 Å². The summed E-state index contributed by atoms with van der Waals surface area (Å²) in [5.74, 6) is -0.251. The van der Waals surface area contributed by atoms with Crippen LogP contribution in [0.5, 0.6) is 0 Å². The number of nitrogen functional groups attached to an aromatic ring is 1. The van der Waals surface area contributed by atoms with E-state index in [0.29, 0.717) is 5.69 Å². The first-order chi connectivity index (χ1) is 4.79. The first-order valence-electron chi connectivity index (χ1n) is 3.30. The predicted octanol–water partition coefficient (Wildman–Crippen LogP) is 1.65. The quantitative estimate of drug-likeness (QED) is 0.511. The van der Waals surface area contributed by atoms with Crippen LogP contribution in [0, 0.1) is 5.82 Å². The Morgan fingerprint density at radius 3 is 2.25 bits per heavy atom. The fourth-order valence-electron chi connectivity index (χ4n) is 0.463. The molecule has 2 heteroatoms. The first-order valence-corrected chi connectivity index (χ1v) is 2.30. The van der Waals surface area contributed by atoms with Gasteiger partial charge in [0.25, 0.3) is 0 Å². The van der Waals surface area contributed by atoms with Crippen LogP contribution in [-0.2, 0) is 0 Å². The summed E-state index contributed by atoms with van der Waals surface area (Å²) in [6.07, 6.45) is 0. The van der Waals surface area contributed by atoms with Crippen LogP contribution >= 0.6 is 0 Å². The first kappa shape index (κ1) is 3.89. The summed E-state index contributed by atoms with van der Waals surface area (Å²) < 4.78 is 22.0. The molecule has 0 atom stereocenters. The van der Waals surface area contributed by atoms with Gasteiger partial charge < -0.3 is 5.73 Å². The molecule has 1 rings (SSSR count). The summed E-state index contributed by atoms with van der Waals surface area (Å²) in [7, 11) is 0. The zero-order valence-electron chi connectivity index (χ0n) is 6.26. The molecule has 1 nitrogen and oxygen atoms in total. The maximum absolute atomic E-state index is 12.0. The molecule has 8 heavy (non-hydrogen) atoms. The minimum Gasteiger partial charge on any atom is -0.399 e. The SMILES string of the molecule is Nc1ccc(F)cc1.[2H][2H]. The molecule has 0 saturated carbocycles. The highest BCUT2D eigenvalue weighted by molar-refractivity contribution is 5.36. The van der Waals surface area contributed by atoms with Crippen molar-refractivity contribution in [2.45, 2.75) is 0 Å². The number of benzene rings is 1. The standard InChI is InChI=1S/C6H6FN.H2/c7-5-1-3-6(8)4-2-5;/h1-4H,8H2;1H/i;1+1D. The highest BCUT2D eigenvalue weighted by Crippen LogP contribution is 2.01. The Morgan fingerprint density at radius 1 is 1.38 bits per heavy atom. The molecule has 44 valence electrons. The third kappa shape index (κ3) is 0.964. The molecule has 0 radical (unpaired) electrons. The van der Waals surface area contributed by atoms with Crippen molar-refractivity contribution in [1.29, 1.82) is 0 Å². The van der Waals surface area contributed by atoms with Gasteiger partial charge in [-0.3, -0.25) is 0 Å². The Kier molecular flexibility index (Phi) is 0.886. The Hall–Kier alpha value is -1.05. The van der Waals surface area contributed by atoms with Gasteiger partial charge in [0.1, 0.15) is 5.82 Å². The van der Waals surface area contributed by atoms with E-state index < -0.39 is 0 Å². The van der Waals surface area contributed by atoms with Gasteiger partial charge >= 0.3 is 0 Å². The summed E-state index contributed by atoms with van der Waals surface area (Å²) in [4.78, 5) is 0. The van der Waals surface area contributed by atoms with Crippen molar-refractivity contribution >= 4 is 5.69 Å². The Labute approximate surface area is 50.0 Å². The number of hydrogen-bond donors (Lipinski definition) is 1. The maximum Gasteiger partial charge on any atom is 0.123 e. The van der Waals surface area contributed by atoms with Crippen LogP contribution < -0.4 is 5.73 Å². The van der Waals surface area contributed by atoms with Crippen LogP contribution in [0.4, 0.5) is 10.1 Å². The van der Waals surface area contributed by atoms with Gasteiger partial charge in [0, 0.05) is 8.66 Å². The summed E-state index contributed by atoms with van der Waals surface area (Å²) in [6.45, 7) is 0. The van der Waals surface area contributed by atoms with Crippen molar-refractivity contribution in [1.82, 2.24) is 0 Å². The third-order valence-electron chi connectivity index (χ3n) is 0.870. The van der Waals surface area contributed by atoms with Crippen molar-refractivity contribution in [3.63, 3.8) is 0 Å². The van der Waals surface area contributed by atoms with E-state index >= 15 is 0 Å². The average molecular weight is 115 g/mol. The van der Waals surface area contributed by atoms with Gasteiger partial charge in [-0.2, -0.15) is 0 Å². The average Bonchev–Trinajstić information content (AvgIpc) is 2.00. The lowest BCUT2D eigenvalue weighted by Gasteiger charge is -1.87. The monoisotopic (exact) mass is 115 g/mol. The molecule has 0 fully saturated rings. The fraction of sp³-hybridized carbons (Fsp3) is 0. The molecule has 0 bridgehead atoms. The normalized spacial score (nSPS) is 10.1. The van der Waals surface area contributed by atoms with Crippen LogP contribution in [0.25, 0.3) is 0 Å². The molecule has 0 aromatic heterocycles. The summed E-state index contributed by atoms with van der Waals surface area (Å²) in [5, 5.41) is 0. The molecule has 0 aliphatic rings. The number of anilines is 1. The largest absolute Gasteiger partial charge is 0.399 e. The summed E-state index contributed by atoms with van der Waals surface area (Å²) in [5.41, 5.74) is 5.85. The van der Waals surface area contributed by atoms with Gasteiger partial charge in [0.05, 0.1) is 0 Å². The summed E-state index contributed by atoms with van der Waals surface area (Å²) >= 11 is 0. The lowest BCUT2D eigenvalue weighted by Crippen LogP contribution is -1.82. The topological polar surface area (TPSA) is 26.0 Å². The molecular weight excluding hydrogens is 105 g/mol. The predicted molar refractivity (Wildman–Crippen MR) is 32.9 cm³/mol. The van der Waals surface area contributed by atoms with E-state index in [0.717, 1.165) is 0 Å². The second-order valence-electron chi connectivity index (χ2n) is 1.55. The molecule has 0 aliphatic carbocycles. The highest BCUT2D eigenvalue weighted by atomic mass is 19.1. The van der Waals surface area contributed by atoms with E-state index in [-0.39, 0.29) is 5.82 Å². The van der Waals surface area contributed by atoms with Crippen molar-refractivity contribution in [2.75, 3.05) is 5.73 Å². The van der Waals surface area contributed by atoms with Crippen LogP contribution in [-0.4, -0.2) is 0 Å². The maximum atomic E-state index is 12.0. The molecule has 0 heterocycles. The van der Waals surface area contributed by atoms with E-state index in [1.54, 1.807) is 0 Å². The van der Waals surface area contributed by atoms with E-state index in [2.05, 4.69) is 0 Å². The van der Waals surface area contributed by atoms with Gasteiger partial charge in [-0.1, -0.05) is 0 Å². The van der Waals surface area contributed by atoms with Gasteiger partial charge in [-0.05, 0) is 24.3 Å². The zero-order chi connectivity index (χ0) is 7.98.